The van der Waals surface area contributed by atoms with Crippen molar-refractivity contribution in [2.45, 2.75) is 129 Å². The highest BCUT2D eigenvalue weighted by Crippen LogP contribution is 2.20. The lowest BCUT2D eigenvalue weighted by molar-refractivity contribution is -0.144. The number of esters is 2. The number of rotatable bonds is 34. The van der Waals surface area contributed by atoms with Crippen LogP contribution in [-0.4, -0.2) is 112 Å². The van der Waals surface area contributed by atoms with Crippen molar-refractivity contribution in [3.05, 3.63) is 0 Å². The van der Waals surface area contributed by atoms with Crippen molar-refractivity contribution in [3.63, 3.8) is 0 Å². The van der Waals surface area contributed by atoms with Gasteiger partial charge < -0.3 is 34.1 Å². The Kier molecular flexibility index (Phi) is 34.6. The minimum Gasteiger partial charge on any atom is -0.466 e. The number of hydrogen-bond acceptors (Lipinski definition) is 11. The SMILES string of the molecule is CCCCCCCCCOC(=O)CCCN(CCCC(=O)OCCCCCCCCC)C(=O)OCCSSCCOC(=O)NCCN(C)C. The Morgan fingerprint density at radius 3 is 1.45 bits per heavy atom. The molecule has 49 heavy (non-hydrogen) atoms. The average Bonchev–Trinajstić information content (AvgIpc) is 3.07. The van der Waals surface area contributed by atoms with Gasteiger partial charge in [0.25, 0.3) is 0 Å². The second-order valence-corrected chi connectivity index (χ2v) is 15.2. The van der Waals surface area contributed by atoms with Gasteiger partial charge in [-0.2, -0.15) is 0 Å². The predicted octanol–water partition coefficient (Wildman–Crippen LogP) is 8.24. The molecule has 0 aliphatic heterocycles. The second-order valence-electron chi connectivity index (χ2n) is 12.5. The van der Waals surface area contributed by atoms with Gasteiger partial charge in [-0.3, -0.25) is 9.59 Å². The number of nitrogens with zero attached hydrogens (tertiary/aromatic N) is 2. The van der Waals surface area contributed by atoms with E-state index in [1.807, 2.05) is 19.0 Å². The van der Waals surface area contributed by atoms with E-state index >= 15 is 0 Å². The normalized spacial score (nSPS) is 11.0. The number of carbonyl (C=O) groups is 4. The molecule has 0 fully saturated rings. The van der Waals surface area contributed by atoms with E-state index in [-0.39, 0.29) is 31.4 Å². The molecule has 0 radical (unpaired) electrons. The van der Waals surface area contributed by atoms with Crippen LogP contribution >= 0.6 is 21.6 Å². The molecule has 0 rings (SSSR count). The van der Waals surface area contributed by atoms with Crippen molar-refractivity contribution in [3.8, 4) is 0 Å². The summed E-state index contributed by atoms with van der Waals surface area (Å²) in [6.07, 6.45) is 16.7. The van der Waals surface area contributed by atoms with Crippen molar-refractivity contribution in [2.75, 3.05) is 78.2 Å². The number of nitrogens with one attached hydrogen (secondary N) is 1. The molecule has 0 saturated carbocycles. The van der Waals surface area contributed by atoms with Crippen LogP contribution in [0.15, 0.2) is 0 Å². The first-order valence-corrected chi connectivity index (χ1v) is 21.3. The number of likely N-dealkylation sites (N-methyl/N-ethyl adjacent to an activating group) is 1. The van der Waals surface area contributed by atoms with E-state index in [9.17, 15) is 19.2 Å². The molecule has 0 aliphatic carbocycles. The van der Waals surface area contributed by atoms with Gasteiger partial charge in [0.2, 0.25) is 0 Å². The van der Waals surface area contributed by atoms with Crippen molar-refractivity contribution in [1.82, 2.24) is 15.1 Å². The number of hydrogen-bond donors (Lipinski definition) is 1. The summed E-state index contributed by atoms with van der Waals surface area (Å²) < 4.78 is 21.4. The Bertz CT molecular complexity index is 785. The first-order valence-electron chi connectivity index (χ1n) is 18.8. The molecule has 0 saturated heterocycles. The Morgan fingerprint density at radius 2 is 0.980 bits per heavy atom. The maximum absolute atomic E-state index is 12.9. The lowest BCUT2D eigenvalue weighted by Gasteiger charge is -2.22. The topological polar surface area (TPSA) is 124 Å². The maximum Gasteiger partial charge on any atom is 0.409 e. The Hall–Kier alpha value is -1.86. The molecule has 0 heterocycles. The molecular weight excluding hydrogens is 667 g/mol. The first-order chi connectivity index (χ1) is 23.8. The quantitative estimate of drug-likeness (QED) is 0.0297. The van der Waals surface area contributed by atoms with Crippen LogP contribution < -0.4 is 5.32 Å². The molecule has 0 spiro atoms. The molecule has 0 aromatic carbocycles. The highest BCUT2D eigenvalue weighted by Gasteiger charge is 2.17. The fraction of sp³-hybridized carbons (Fsp3) is 0.889. The largest absolute Gasteiger partial charge is 0.466 e. The molecule has 288 valence electrons. The van der Waals surface area contributed by atoms with Crippen molar-refractivity contribution in [1.29, 1.82) is 0 Å². The minimum absolute atomic E-state index is 0.222. The van der Waals surface area contributed by atoms with Gasteiger partial charge in [0.1, 0.15) is 13.2 Å². The lowest BCUT2D eigenvalue weighted by Crippen LogP contribution is -2.34. The zero-order valence-electron chi connectivity index (χ0n) is 31.3. The molecule has 2 amide bonds. The van der Waals surface area contributed by atoms with Gasteiger partial charge in [-0.25, -0.2) is 9.59 Å². The van der Waals surface area contributed by atoms with Crippen molar-refractivity contribution >= 4 is 45.7 Å². The van der Waals surface area contributed by atoms with Gasteiger partial charge in [0, 0.05) is 50.5 Å². The van der Waals surface area contributed by atoms with Crippen LogP contribution in [0.5, 0.6) is 0 Å². The summed E-state index contributed by atoms with van der Waals surface area (Å²) in [5.74, 6) is 0.693. The lowest BCUT2D eigenvalue weighted by atomic mass is 10.1. The van der Waals surface area contributed by atoms with Crippen LogP contribution in [0, 0.1) is 0 Å². The highest BCUT2D eigenvalue weighted by molar-refractivity contribution is 8.76. The summed E-state index contributed by atoms with van der Waals surface area (Å²) in [6, 6.07) is 0. The fourth-order valence-electron chi connectivity index (χ4n) is 4.73. The Morgan fingerprint density at radius 1 is 0.531 bits per heavy atom. The summed E-state index contributed by atoms with van der Waals surface area (Å²) in [6.45, 7) is 7.75. The standard InChI is InChI=1S/C36H69N3O8S2/c1-5-7-9-11-13-15-17-27-44-33(40)21-19-24-39(25-20-22-34(41)45-28-18-16-14-12-10-8-6-2)36(43)47-30-32-49-48-31-29-46-35(42)37-23-26-38(3)4/h5-32H2,1-4H3,(H,37,42). The average molecular weight is 736 g/mol. The first kappa shape index (κ1) is 47.1. The zero-order chi connectivity index (χ0) is 36.2. The molecule has 0 atom stereocenters. The molecule has 11 nitrogen and oxygen atoms in total. The van der Waals surface area contributed by atoms with Crippen molar-refractivity contribution in [2.24, 2.45) is 0 Å². The highest BCUT2D eigenvalue weighted by atomic mass is 33.1. The summed E-state index contributed by atoms with van der Waals surface area (Å²) in [5, 5.41) is 2.70. The summed E-state index contributed by atoms with van der Waals surface area (Å²) >= 11 is 0. The molecule has 1 N–H and O–H groups in total. The number of alkyl carbamates (subject to hydrolysis) is 1. The third-order valence-electron chi connectivity index (χ3n) is 7.60. The number of ether oxygens (including phenoxy) is 4. The summed E-state index contributed by atoms with van der Waals surface area (Å²) in [4.78, 5) is 52.6. The molecule has 13 heteroatoms. The Labute approximate surface area is 305 Å². The smallest absolute Gasteiger partial charge is 0.409 e. The third-order valence-corrected chi connectivity index (χ3v) is 9.93. The fourth-order valence-corrected chi connectivity index (χ4v) is 6.38. The third kappa shape index (κ3) is 34.4. The second kappa shape index (κ2) is 35.9. The molecule has 0 aliphatic rings. The van der Waals surface area contributed by atoms with Gasteiger partial charge in [-0.15, -0.1) is 0 Å². The number of carbonyl (C=O) groups excluding carboxylic acids is 4. The van der Waals surface area contributed by atoms with Gasteiger partial charge in [0.15, 0.2) is 0 Å². The maximum atomic E-state index is 12.9. The Balaban J connectivity index is 4.39. The summed E-state index contributed by atoms with van der Waals surface area (Å²) in [5.41, 5.74) is 0. The number of amides is 2. The minimum atomic E-state index is -0.462. The van der Waals surface area contributed by atoms with E-state index in [0.29, 0.717) is 63.8 Å². The molecule has 0 bridgehead atoms. The van der Waals surface area contributed by atoms with Crippen LogP contribution in [0.3, 0.4) is 0 Å². The van der Waals surface area contributed by atoms with E-state index in [1.165, 1.54) is 75.0 Å². The summed E-state index contributed by atoms with van der Waals surface area (Å²) in [7, 11) is 6.95. The van der Waals surface area contributed by atoms with E-state index in [2.05, 4.69) is 19.2 Å². The van der Waals surface area contributed by atoms with E-state index in [4.69, 9.17) is 18.9 Å². The van der Waals surface area contributed by atoms with E-state index < -0.39 is 12.2 Å². The van der Waals surface area contributed by atoms with Gasteiger partial charge in [-0.1, -0.05) is 112 Å². The molecule has 0 unspecified atom stereocenters. The van der Waals surface area contributed by atoms with Crippen LogP contribution in [0.4, 0.5) is 9.59 Å². The van der Waals surface area contributed by atoms with Gasteiger partial charge >= 0.3 is 24.1 Å². The van der Waals surface area contributed by atoms with Crippen LogP contribution in [0.1, 0.15) is 129 Å². The van der Waals surface area contributed by atoms with Gasteiger partial charge in [-0.05, 0) is 39.8 Å². The van der Waals surface area contributed by atoms with Crippen LogP contribution in [0.2, 0.25) is 0 Å². The van der Waals surface area contributed by atoms with E-state index in [0.717, 1.165) is 32.2 Å². The van der Waals surface area contributed by atoms with Gasteiger partial charge in [0.05, 0.1) is 13.2 Å². The van der Waals surface area contributed by atoms with Crippen molar-refractivity contribution < 1.29 is 38.1 Å². The molecular formula is C36H69N3O8S2. The van der Waals surface area contributed by atoms with Crippen LogP contribution in [-0.2, 0) is 28.5 Å². The van der Waals surface area contributed by atoms with Crippen LogP contribution in [0.25, 0.3) is 0 Å². The zero-order valence-corrected chi connectivity index (χ0v) is 32.9. The predicted molar refractivity (Wildman–Crippen MR) is 202 cm³/mol. The molecule has 0 aromatic rings. The van der Waals surface area contributed by atoms with E-state index in [1.54, 1.807) is 15.7 Å². The monoisotopic (exact) mass is 735 g/mol. The molecule has 0 aromatic heterocycles. The number of unbranched alkanes of at least 4 members (excludes halogenated alkanes) is 12.